The van der Waals surface area contributed by atoms with Gasteiger partial charge in [0, 0.05) is 18.1 Å². The zero-order valence-corrected chi connectivity index (χ0v) is 10.9. The van der Waals surface area contributed by atoms with E-state index in [2.05, 4.69) is 20.6 Å². The molecule has 0 aliphatic rings. The van der Waals surface area contributed by atoms with Gasteiger partial charge in [0.05, 0.1) is 12.6 Å². The first-order chi connectivity index (χ1) is 9.29. The zero-order chi connectivity index (χ0) is 13.5. The molecule has 1 aromatic carbocycles. The van der Waals surface area contributed by atoms with Gasteiger partial charge in [-0.1, -0.05) is 25.1 Å². The summed E-state index contributed by atoms with van der Waals surface area (Å²) in [5, 5.41) is 6.02. The van der Waals surface area contributed by atoms with Crippen molar-refractivity contribution >= 4 is 11.6 Å². The van der Waals surface area contributed by atoms with Gasteiger partial charge in [-0.3, -0.25) is 4.79 Å². The first kappa shape index (κ1) is 13.1. The summed E-state index contributed by atoms with van der Waals surface area (Å²) in [6.07, 6.45) is 4.24. The zero-order valence-electron chi connectivity index (χ0n) is 10.9. The fourth-order valence-electron chi connectivity index (χ4n) is 1.82. The van der Waals surface area contributed by atoms with Gasteiger partial charge in [-0.2, -0.15) is 0 Å². The average Bonchev–Trinajstić information content (AvgIpc) is 2.97. The summed E-state index contributed by atoms with van der Waals surface area (Å²) in [6.45, 7) is 2.26. The number of hydrogen-bond acceptors (Lipinski definition) is 3. The van der Waals surface area contributed by atoms with E-state index in [-0.39, 0.29) is 18.5 Å². The van der Waals surface area contributed by atoms with Gasteiger partial charge in [-0.05, 0) is 18.6 Å². The minimum absolute atomic E-state index is 0.0490. The number of nitrogens with one attached hydrogen (secondary N) is 3. The molecule has 0 radical (unpaired) electrons. The van der Waals surface area contributed by atoms with E-state index in [1.165, 1.54) is 0 Å². The van der Waals surface area contributed by atoms with Crippen molar-refractivity contribution in [3.8, 4) is 0 Å². The Hall–Kier alpha value is -2.30. The minimum atomic E-state index is -0.0694. The van der Waals surface area contributed by atoms with E-state index in [9.17, 15) is 4.79 Å². The highest BCUT2D eigenvalue weighted by atomic mass is 16.2. The fraction of sp³-hybridized carbons (Fsp3) is 0.286. The standard InChI is InChI=1S/C14H18N4O/c1-2-12(14-15-8-9-16-14)18-13(19)10-17-11-6-4-3-5-7-11/h3-9,12,17H,2,10H2,1H3,(H,15,16)(H,18,19). The Morgan fingerprint density at radius 3 is 2.79 bits per heavy atom. The second kappa shape index (κ2) is 6.58. The molecule has 5 heteroatoms. The maximum atomic E-state index is 11.9. The SMILES string of the molecule is CCC(NC(=O)CNc1ccccc1)c1ncc[nH]1. The molecule has 0 aliphatic heterocycles. The van der Waals surface area contributed by atoms with Crippen LogP contribution in [-0.2, 0) is 4.79 Å². The lowest BCUT2D eigenvalue weighted by atomic mass is 10.2. The number of hydrogen-bond donors (Lipinski definition) is 3. The molecule has 2 rings (SSSR count). The highest BCUT2D eigenvalue weighted by molar-refractivity contribution is 5.81. The Labute approximate surface area is 112 Å². The molecule has 19 heavy (non-hydrogen) atoms. The van der Waals surface area contributed by atoms with Crippen LogP contribution in [0.15, 0.2) is 42.7 Å². The van der Waals surface area contributed by atoms with Crippen LogP contribution in [0.2, 0.25) is 0 Å². The molecule has 0 fully saturated rings. The van der Waals surface area contributed by atoms with Crippen molar-refractivity contribution in [1.82, 2.24) is 15.3 Å². The molecule has 0 saturated heterocycles. The molecule has 0 aliphatic carbocycles. The number of para-hydroxylation sites is 1. The van der Waals surface area contributed by atoms with E-state index in [4.69, 9.17) is 0 Å². The maximum Gasteiger partial charge on any atom is 0.239 e. The molecule has 1 amide bonds. The largest absolute Gasteiger partial charge is 0.376 e. The van der Waals surface area contributed by atoms with Gasteiger partial charge >= 0.3 is 0 Å². The van der Waals surface area contributed by atoms with Gasteiger partial charge < -0.3 is 15.6 Å². The molecule has 0 spiro atoms. The summed E-state index contributed by atoms with van der Waals surface area (Å²) in [5.41, 5.74) is 0.934. The molecule has 0 bridgehead atoms. The molecule has 5 nitrogen and oxygen atoms in total. The van der Waals surface area contributed by atoms with E-state index in [0.29, 0.717) is 0 Å². The topological polar surface area (TPSA) is 69.8 Å². The molecular weight excluding hydrogens is 240 g/mol. The molecule has 2 aromatic rings. The number of carbonyl (C=O) groups is 1. The summed E-state index contributed by atoms with van der Waals surface area (Å²) in [5.74, 6) is 0.739. The molecule has 1 unspecified atom stereocenters. The summed E-state index contributed by atoms with van der Waals surface area (Å²) >= 11 is 0. The van der Waals surface area contributed by atoms with E-state index in [1.54, 1.807) is 12.4 Å². The van der Waals surface area contributed by atoms with Crippen molar-refractivity contribution in [2.24, 2.45) is 0 Å². The number of H-pyrrole nitrogens is 1. The van der Waals surface area contributed by atoms with E-state index in [0.717, 1.165) is 17.9 Å². The lowest BCUT2D eigenvalue weighted by molar-refractivity contribution is -0.120. The number of aromatic nitrogens is 2. The van der Waals surface area contributed by atoms with Crippen LogP contribution in [0.4, 0.5) is 5.69 Å². The predicted molar refractivity (Wildman–Crippen MR) is 74.7 cm³/mol. The molecule has 1 atom stereocenters. The van der Waals surface area contributed by atoms with Gasteiger partial charge in [0.25, 0.3) is 0 Å². The molecule has 1 heterocycles. The number of carbonyl (C=O) groups excluding carboxylic acids is 1. The van der Waals surface area contributed by atoms with Crippen LogP contribution in [0.5, 0.6) is 0 Å². The number of aromatic amines is 1. The highest BCUT2D eigenvalue weighted by Crippen LogP contribution is 2.11. The summed E-state index contributed by atoms with van der Waals surface area (Å²) in [7, 11) is 0. The summed E-state index contributed by atoms with van der Waals surface area (Å²) < 4.78 is 0. The number of imidazole rings is 1. The first-order valence-electron chi connectivity index (χ1n) is 6.37. The van der Waals surface area contributed by atoms with Gasteiger partial charge in [0.15, 0.2) is 0 Å². The van der Waals surface area contributed by atoms with Crippen LogP contribution in [0, 0.1) is 0 Å². The summed E-state index contributed by atoms with van der Waals surface area (Å²) in [4.78, 5) is 19.1. The number of anilines is 1. The quantitative estimate of drug-likeness (QED) is 0.743. The lowest BCUT2D eigenvalue weighted by Crippen LogP contribution is -2.33. The Bertz CT molecular complexity index is 495. The summed E-state index contributed by atoms with van der Waals surface area (Å²) in [6, 6.07) is 9.58. The van der Waals surface area contributed by atoms with Crippen molar-refractivity contribution in [3.63, 3.8) is 0 Å². The predicted octanol–water partition coefficient (Wildman–Crippen LogP) is 2.09. The molecule has 0 saturated carbocycles. The molecule has 3 N–H and O–H groups in total. The average molecular weight is 258 g/mol. The van der Waals surface area contributed by atoms with Gasteiger partial charge in [0.2, 0.25) is 5.91 Å². The fourth-order valence-corrected chi connectivity index (χ4v) is 1.82. The van der Waals surface area contributed by atoms with Crippen LogP contribution in [-0.4, -0.2) is 22.4 Å². The second-order valence-electron chi connectivity index (χ2n) is 4.22. The Balaban J connectivity index is 1.84. The van der Waals surface area contributed by atoms with Crippen molar-refractivity contribution < 1.29 is 4.79 Å². The first-order valence-corrected chi connectivity index (χ1v) is 6.37. The smallest absolute Gasteiger partial charge is 0.239 e. The van der Waals surface area contributed by atoms with E-state index >= 15 is 0 Å². The van der Waals surface area contributed by atoms with Crippen LogP contribution in [0.25, 0.3) is 0 Å². The van der Waals surface area contributed by atoms with Crippen LogP contribution in [0.1, 0.15) is 25.2 Å². The van der Waals surface area contributed by atoms with E-state index in [1.807, 2.05) is 37.3 Å². The van der Waals surface area contributed by atoms with Crippen LogP contribution in [0.3, 0.4) is 0 Å². The highest BCUT2D eigenvalue weighted by Gasteiger charge is 2.14. The van der Waals surface area contributed by atoms with Crippen LogP contribution >= 0.6 is 0 Å². The third kappa shape index (κ3) is 3.84. The maximum absolute atomic E-state index is 11.9. The number of amides is 1. The van der Waals surface area contributed by atoms with Gasteiger partial charge in [0.1, 0.15) is 5.82 Å². The number of rotatable bonds is 6. The lowest BCUT2D eigenvalue weighted by Gasteiger charge is -2.15. The third-order valence-corrected chi connectivity index (χ3v) is 2.82. The van der Waals surface area contributed by atoms with Gasteiger partial charge in [-0.15, -0.1) is 0 Å². The second-order valence-corrected chi connectivity index (χ2v) is 4.22. The Morgan fingerprint density at radius 2 is 2.16 bits per heavy atom. The third-order valence-electron chi connectivity index (χ3n) is 2.82. The molecular formula is C14H18N4O. The monoisotopic (exact) mass is 258 g/mol. The molecule has 100 valence electrons. The minimum Gasteiger partial charge on any atom is -0.376 e. The van der Waals surface area contributed by atoms with Crippen molar-refractivity contribution in [3.05, 3.63) is 48.5 Å². The van der Waals surface area contributed by atoms with E-state index < -0.39 is 0 Å². The Morgan fingerprint density at radius 1 is 1.37 bits per heavy atom. The number of nitrogens with zero attached hydrogens (tertiary/aromatic N) is 1. The normalized spacial score (nSPS) is 11.8. The Kier molecular flexibility index (Phi) is 4.55. The number of benzene rings is 1. The van der Waals surface area contributed by atoms with Crippen molar-refractivity contribution in [2.45, 2.75) is 19.4 Å². The van der Waals surface area contributed by atoms with Crippen molar-refractivity contribution in [2.75, 3.05) is 11.9 Å². The molecule has 1 aromatic heterocycles. The van der Waals surface area contributed by atoms with Gasteiger partial charge in [-0.25, -0.2) is 4.98 Å². The van der Waals surface area contributed by atoms with Crippen molar-refractivity contribution in [1.29, 1.82) is 0 Å². The van der Waals surface area contributed by atoms with Crippen LogP contribution < -0.4 is 10.6 Å².